The first-order valence-corrected chi connectivity index (χ1v) is 8.12. The average molecular weight is 318 g/mol. The number of hydrogen-bond acceptors (Lipinski definition) is 5. The molecule has 0 saturated carbocycles. The second-order valence-electron chi connectivity index (χ2n) is 5.58. The number of carbonyl (C=O) groups excluding carboxylic acids is 2. The summed E-state index contributed by atoms with van der Waals surface area (Å²) in [4.78, 5) is 25.8. The fraction of sp³-hybridized carbons (Fsp3) is 0.467. The standard InChI is InChI=1S/C15H18N4O2S/c1-16-14(20)8-10-4-6-19(7-5-10)15(21)11-2-3-12-13(9-11)18-22-17-12/h2-3,9-10H,4-8H2,1H3,(H,16,20). The smallest absolute Gasteiger partial charge is 0.253 e. The van der Waals surface area contributed by atoms with E-state index in [4.69, 9.17) is 0 Å². The van der Waals surface area contributed by atoms with E-state index in [1.807, 2.05) is 17.0 Å². The average Bonchev–Trinajstić information content (AvgIpc) is 3.02. The van der Waals surface area contributed by atoms with Crippen LogP contribution in [0.2, 0.25) is 0 Å². The van der Waals surface area contributed by atoms with Gasteiger partial charge in [-0.3, -0.25) is 9.59 Å². The summed E-state index contributed by atoms with van der Waals surface area (Å²) in [5.41, 5.74) is 2.25. The Bertz CT molecular complexity index is 692. The molecule has 0 spiro atoms. The number of benzene rings is 1. The van der Waals surface area contributed by atoms with Crippen molar-refractivity contribution in [2.45, 2.75) is 19.3 Å². The van der Waals surface area contributed by atoms with E-state index in [-0.39, 0.29) is 11.8 Å². The molecule has 2 aromatic rings. The van der Waals surface area contributed by atoms with E-state index in [1.54, 1.807) is 13.1 Å². The van der Waals surface area contributed by atoms with Crippen LogP contribution in [0.15, 0.2) is 18.2 Å². The van der Waals surface area contributed by atoms with E-state index in [9.17, 15) is 9.59 Å². The van der Waals surface area contributed by atoms with Crippen LogP contribution in [0.4, 0.5) is 0 Å². The minimum absolute atomic E-state index is 0.0355. The van der Waals surface area contributed by atoms with Crippen LogP contribution in [0.3, 0.4) is 0 Å². The van der Waals surface area contributed by atoms with Gasteiger partial charge < -0.3 is 10.2 Å². The van der Waals surface area contributed by atoms with Crippen LogP contribution >= 0.6 is 11.7 Å². The summed E-state index contributed by atoms with van der Waals surface area (Å²) in [5, 5.41) is 2.66. The molecule has 0 aliphatic carbocycles. The van der Waals surface area contributed by atoms with Crippen molar-refractivity contribution in [1.29, 1.82) is 0 Å². The van der Waals surface area contributed by atoms with Crippen LogP contribution in [-0.2, 0) is 4.79 Å². The lowest BCUT2D eigenvalue weighted by molar-refractivity contribution is -0.121. The monoisotopic (exact) mass is 318 g/mol. The Kier molecular flexibility index (Phi) is 4.33. The molecule has 6 nitrogen and oxygen atoms in total. The molecule has 1 fully saturated rings. The van der Waals surface area contributed by atoms with Crippen molar-refractivity contribution >= 4 is 34.6 Å². The Hall–Kier alpha value is -2.02. The molecule has 0 radical (unpaired) electrons. The van der Waals surface area contributed by atoms with Gasteiger partial charge in [0.25, 0.3) is 5.91 Å². The molecule has 3 rings (SSSR count). The highest BCUT2D eigenvalue weighted by Crippen LogP contribution is 2.22. The Morgan fingerprint density at radius 2 is 2.00 bits per heavy atom. The van der Waals surface area contributed by atoms with E-state index in [0.717, 1.165) is 35.6 Å². The van der Waals surface area contributed by atoms with Crippen molar-refractivity contribution in [3.05, 3.63) is 23.8 Å². The first-order chi connectivity index (χ1) is 10.7. The molecular weight excluding hydrogens is 300 g/mol. The molecule has 0 bridgehead atoms. The number of amides is 2. The van der Waals surface area contributed by atoms with E-state index < -0.39 is 0 Å². The molecule has 1 aromatic carbocycles. The second-order valence-corrected chi connectivity index (χ2v) is 6.11. The van der Waals surface area contributed by atoms with Gasteiger partial charge in [-0.2, -0.15) is 8.75 Å². The molecule has 22 heavy (non-hydrogen) atoms. The largest absolute Gasteiger partial charge is 0.359 e. The fourth-order valence-electron chi connectivity index (χ4n) is 2.80. The van der Waals surface area contributed by atoms with E-state index >= 15 is 0 Å². The van der Waals surface area contributed by atoms with Gasteiger partial charge in [-0.05, 0) is 37.0 Å². The third-order valence-electron chi connectivity index (χ3n) is 4.16. The van der Waals surface area contributed by atoms with Gasteiger partial charge >= 0.3 is 0 Å². The molecule has 2 heterocycles. The third kappa shape index (κ3) is 3.09. The van der Waals surface area contributed by atoms with Crippen molar-refractivity contribution < 1.29 is 9.59 Å². The predicted octanol–water partition coefficient (Wildman–Crippen LogP) is 1.68. The van der Waals surface area contributed by atoms with Crippen LogP contribution in [-0.4, -0.2) is 45.6 Å². The molecule has 2 amide bonds. The number of hydrogen-bond donors (Lipinski definition) is 1. The van der Waals surface area contributed by atoms with Crippen molar-refractivity contribution in [2.75, 3.05) is 20.1 Å². The van der Waals surface area contributed by atoms with Gasteiger partial charge in [0.15, 0.2) is 0 Å². The van der Waals surface area contributed by atoms with Crippen molar-refractivity contribution in [3.8, 4) is 0 Å². The van der Waals surface area contributed by atoms with E-state index in [2.05, 4.69) is 14.1 Å². The highest BCUT2D eigenvalue weighted by Gasteiger charge is 2.25. The zero-order valence-electron chi connectivity index (χ0n) is 12.4. The Balaban J connectivity index is 1.63. The molecule has 116 valence electrons. The number of rotatable bonds is 3. The number of nitrogens with zero attached hydrogens (tertiary/aromatic N) is 3. The molecule has 1 N–H and O–H groups in total. The highest BCUT2D eigenvalue weighted by atomic mass is 32.1. The molecule has 1 saturated heterocycles. The number of piperidine rings is 1. The maximum absolute atomic E-state index is 12.6. The van der Waals surface area contributed by atoms with Gasteiger partial charge in [0.05, 0.1) is 11.7 Å². The van der Waals surface area contributed by atoms with Gasteiger partial charge in [0, 0.05) is 32.1 Å². The summed E-state index contributed by atoms with van der Waals surface area (Å²) in [5.74, 6) is 0.480. The lowest BCUT2D eigenvalue weighted by Gasteiger charge is -2.31. The third-order valence-corrected chi connectivity index (χ3v) is 4.71. The Morgan fingerprint density at radius 3 is 2.73 bits per heavy atom. The zero-order chi connectivity index (χ0) is 15.5. The lowest BCUT2D eigenvalue weighted by atomic mass is 9.93. The first-order valence-electron chi connectivity index (χ1n) is 7.39. The van der Waals surface area contributed by atoms with E-state index in [0.29, 0.717) is 31.0 Å². The van der Waals surface area contributed by atoms with Crippen LogP contribution < -0.4 is 5.32 Å². The fourth-order valence-corrected chi connectivity index (χ4v) is 3.32. The molecule has 1 aromatic heterocycles. The topological polar surface area (TPSA) is 75.2 Å². The van der Waals surface area contributed by atoms with E-state index in [1.165, 1.54) is 0 Å². The lowest BCUT2D eigenvalue weighted by Crippen LogP contribution is -2.39. The number of nitrogens with one attached hydrogen (secondary N) is 1. The second kappa shape index (κ2) is 6.39. The van der Waals surface area contributed by atoms with Crippen molar-refractivity contribution in [1.82, 2.24) is 19.0 Å². The number of likely N-dealkylation sites (tertiary alicyclic amines) is 1. The molecule has 7 heteroatoms. The summed E-state index contributed by atoms with van der Waals surface area (Å²) >= 11 is 1.15. The summed E-state index contributed by atoms with van der Waals surface area (Å²) in [6, 6.07) is 5.45. The maximum atomic E-state index is 12.6. The first kappa shape index (κ1) is 14.9. The zero-order valence-corrected chi connectivity index (χ0v) is 13.2. The van der Waals surface area contributed by atoms with Crippen LogP contribution in [0.1, 0.15) is 29.6 Å². The molecular formula is C15H18N4O2S. The number of fused-ring (bicyclic) bond motifs is 1. The quantitative estimate of drug-likeness (QED) is 0.934. The van der Waals surface area contributed by atoms with Gasteiger partial charge in [0.2, 0.25) is 5.91 Å². The molecule has 1 aliphatic heterocycles. The molecule has 0 atom stereocenters. The SMILES string of the molecule is CNC(=O)CC1CCN(C(=O)c2ccc3nsnc3c2)CC1. The van der Waals surface area contributed by atoms with Gasteiger partial charge in [-0.15, -0.1) is 0 Å². The van der Waals surface area contributed by atoms with Gasteiger partial charge in [0.1, 0.15) is 11.0 Å². The number of aromatic nitrogens is 2. The van der Waals surface area contributed by atoms with Crippen LogP contribution in [0.25, 0.3) is 11.0 Å². The Morgan fingerprint density at radius 1 is 1.27 bits per heavy atom. The maximum Gasteiger partial charge on any atom is 0.253 e. The minimum atomic E-state index is 0.0355. The predicted molar refractivity (Wildman–Crippen MR) is 84.7 cm³/mol. The van der Waals surface area contributed by atoms with Crippen molar-refractivity contribution in [3.63, 3.8) is 0 Å². The number of carbonyl (C=O) groups is 2. The molecule has 0 unspecified atom stereocenters. The minimum Gasteiger partial charge on any atom is -0.359 e. The summed E-state index contributed by atoms with van der Waals surface area (Å²) in [7, 11) is 1.66. The van der Waals surface area contributed by atoms with Gasteiger partial charge in [-0.25, -0.2) is 0 Å². The summed E-state index contributed by atoms with van der Waals surface area (Å²) < 4.78 is 8.32. The highest BCUT2D eigenvalue weighted by molar-refractivity contribution is 7.00. The molecule has 1 aliphatic rings. The van der Waals surface area contributed by atoms with Crippen LogP contribution in [0.5, 0.6) is 0 Å². The van der Waals surface area contributed by atoms with Gasteiger partial charge in [-0.1, -0.05) is 0 Å². The Labute approximate surface area is 132 Å². The summed E-state index contributed by atoms with van der Waals surface area (Å²) in [6.45, 7) is 1.40. The normalized spacial score (nSPS) is 16.0. The van der Waals surface area contributed by atoms with Crippen molar-refractivity contribution in [2.24, 2.45) is 5.92 Å². The van der Waals surface area contributed by atoms with Crippen LogP contribution in [0, 0.1) is 5.92 Å². The summed E-state index contributed by atoms with van der Waals surface area (Å²) in [6.07, 6.45) is 2.30.